The predicted molar refractivity (Wildman–Crippen MR) is 107 cm³/mol. The minimum Gasteiger partial charge on any atom is -0.341 e. The summed E-state index contributed by atoms with van der Waals surface area (Å²) in [6.45, 7) is 3.67. The van der Waals surface area contributed by atoms with Crippen LogP contribution < -0.4 is 0 Å². The SMILES string of the molecule is CN1CCC[C@@H](CN(C)C(=O)c2cc(Cn3ccc4ccccc43)[nH]n2)C1. The second-order valence-electron chi connectivity index (χ2n) is 7.74. The summed E-state index contributed by atoms with van der Waals surface area (Å²) in [6.07, 6.45) is 4.47. The molecule has 1 atom stereocenters. The van der Waals surface area contributed by atoms with Crippen LogP contribution in [0.4, 0.5) is 0 Å². The Balaban J connectivity index is 1.41. The summed E-state index contributed by atoms with van der Waals surface area (Å²) in [7, 11) is 4.03. The Bertz CT molecular complexity index is 927. The molecule has 1 aliphatic rings. The minimum absolute atomic E-state index is 0.0110. The molecule has 1 saturated heterocycles. The van der Waals surface area contributed by atoms with Crippen molar-refractivity contribution in [3.8, 4) is 0 Å². The largest absolute Gasteiger partial charge is 0.341 e. The molecular weight excluding hydrogens is 338 g/mol. The summed E-state index contributed by atoms with van der Waals surface area (Å²) in [5.41, 5.74) is 2.61. The van der Waals surface area contributed by atoms with Crippen LogP contribution in [0.2, 0.25) is 0 Å². The summed E-state index contributed by atoms with van der Waals surface area (Å²) in [5.74, 6) is 0.533. The van der Waals surface area contributed by atoms with E-state index in [0.29, 0.717) is 18.2 Å². The van der Waals surface area contributed by atoms with Crippen LogP contribution in [0.15, 0.2) is 42.6 Å². The Morgan fingerprint density at radius 3 is 3.04 bits per heavy atom. The molecule has 4 rings (SSSR count). The Morgan fingerprint density at radius 1 is 1.33 bits per heavy atom. The van der Waals surface area contributed by atoms with Crippen LogP contribution in [-0.2, 0) is 6.54 Å². The monoisotopic (exact) mass is 365 g/mol. The standard InChI is InChI=1S/C21H27N5O/c1-24-10-5-6-16(13-24)14-25(2)21(27)19-12-18(22-23-19)15-26-11-9-17-7-3-4-8-20(17)26/h3-4,7-9,11-12,16H,5-6,10,13-15H2,1-2H3,(H,22,23)/t16-/m1/s1. The molecule has 0 spiro atoms. The first-order valence-corrected chi connectivity index (χ1v) is 9.62. The molecule has 0 saturated carbocycles. The summed E-state index contributed by atoms with van der Waals surface area (Å²) in [6, 6.07) is 12.3. The number of benzene rings is 1. The van der Waals surface area contributed by atoms with Crippen molar-refractivity contribution in [1.82, 2.24) is 24.6 Å². The number of nitrogens with zero attached hydrogens (tertiary/aromatic N) is 4. The van der Waals surface area contributed by atoms with E-state index in [2.05, 4.69) is 51.1 Å². The fourth-order valence-electron chi connectivity index (χ4n) is 4.10. The van der Waals surface area contributed by atoms with E-state index >= 15 is 0 Å². The number of nitrogens with one attached hydrogen (secondary N) is 1. The van der Waals surface area contributed by atoms with E-state index < -0.39 is 0 Å². The zero-order valence-electron chi connectivity index (χ0n) is 16.1. The lowest BCUT2D eigenvalue weighted by Crippen LogP contribution is -2.40. The van der Waals surface area contributed by atoms with Gasteiger partial charge in [-0.2, -0.15) is 5.10 Å². The quantitative estimate of drug-likeness (QED) is 0.756. The van der Waals surface area contributed by atoms with Gasteiger partial charge in [0.05, 0.1) is 12.2 Å². The number of hydrogen-bond acceptors (Lipinski definition) is 3. The molecule has 3 heterocycles. The highest BCUT2D eigenvalue weighted by Gasteiger charge is 2.22. The lowest BCUT2D eigenvalue weighted by Gasteiger charge is -2.32. The maximum absolute atomic E-state index is 12.8. The number of hydrogen-bond donors (Lipinski definition) is 1. The lowest BCUT2D eigenvalue weighted by molar-refractivity contribution is 0.0735. The Kier molecular flexibility index (Phi) is 4.99. The Morgan fingerprint density at radius 2 is 2.19 bits per heavy atom. The maximum Gasteiger partial charge on any atom is 0.274 e. The van der Waals surface area contributed by atoms with Crippen LogP contribution in [-0.4, -0.2) is 64.2 Å². The van der Waals surface area contributed by atoms with Crippen LogP contribution in [0, 0.1) is 5.92 Å². The van der Waals surface area contributed by atoms with Crippen molar-refractivity contribution in [1.29, 1.82) is 0 Å². The van der Waals surface area contributed by atoms with Crippen molar-refractivity contribution in [3.63, 3.8) is 0 Å². The van der Waals surface area contributed by atoms with Crippen molar-refractivity contribution >= 4 is 16.8 Å². The summed E-state index contributed by atoms with van der Waals surface area (Å²) >= 11 is 0. The second kappa shape index (κ2) is 7.56. The molecule has 6 nitrogen and oxygen atoms in total. The van der Waals surface area contributed by atoms with Gasteiger partial charge in [0.1, 0.15) is 5.69 Å². The van der Waals surface area contributed by atoms with Gasteiger partial charge >= 0.3 is 0 Å². The number of carbonyl (C=O) groups excluding carboxylic acids is 1. The van der Waals surface area contributed by atoms with Gasteiger partial charge in [0.25, 0.3) is 5.91 Å². The molecule has 6 heteroatoms. The maximum atomic E-state index is 12.8. The number of likely N-dealkylation sites (tertiary alicyclic amines) is 1. The van der Waals surface area contributed by atoms with Gasteiger partial charge in [-0.1, -0.05) is 18.2 Å². The minimum atomic E-state index is -0.0110. The number of fused-ring (bicyclic) bond motifs is 1. The van der Waals surface area contributed by atoms with Crippen molar-refractivity contribution in [2.24, 2.45) is 5.92 Å². The van der Waals surface area contributed by atoms with Gasteiger partial charge in [0.15, 0.2) is 0 Å². The molecule has 1 N–H and O–H groups in total. The van der Waals surface area contributed by atoms with Crippen LogP contribution in [0.3, 0.4) is 0 Å². The van der Waals surface area contributed by atoms with Crippen molar-refractivity contribution < 1.29 is 4.79 Å². The molecule has 1 amide bonds. The topological polar surface area (TPSA) is 57.2 Å². The molecule has 0 bridgehead atoms. The van der Waals surface area contributed by atoms with E-state index in [1.54, 1.807) is 0 Å². The third-order valence-corrected chi connectivity index (χ3v) is 5.47. The highest BCUT2D eigenvalue weighted by molar-refractivity contribution is 5.92. The van der Waals surface area contributed by atoms with Crippen molar-refractivity contribution in [3.05, 3.63) is 54.0 Å². The van der Waals surface area contributed by atoms with Crippen molar-refractivity contribution in [2.45, 2.75) is 19.4 Å². The van der Waals surface area contributed by atoms with Crippen LogP contribution in [0.1, 0.15) is 29.0 Å². The number of para-hydroxylation sites is 1. The van der Waals surface area contributed by atoms with Crippen LogP contribution in [0.5, 0.6) is 0 Å². The van der Waals surface area contributed by atoms with Crippen molar-refractivity contribution in [2.75, 3.05) is 33.7 Å². The molecule has 27 heavy (non-hydrogen) atoms. The second-order valence-corrected chi connectivity index (χ2v) is 7.74. The average Bonchev–Trinajstić information content (AvgIpc) is 3.29. The fourth-order valence-corrected chi connectivity index (χ4v) is 4.10. The van der Waals surface area contributed by atoms with Crippen LogP contribution >= 0.6 is 0 Å². The normalized spacial score (nSPS) is 18.1. The van der Waals surface area contributed by atoms with Gasteiger partial charge in [-0.25, -0.2) is 0 Å². The number of rotatable bonds is 5. The molecule has 2 aromatic heterocycles. The fraction of sp³-hybridized carbons (Fsp3) is 0.429. The predicted octanol–water partition coefficient (Wildman–Crippen LogP) is 2.83. The van der Waals surface area contributed by atoms with Crippen LogP contribution in [0.25, 0.3) is 10.9 Å². The zero-order valence-corrected chi connectivity index (χ0v) is 16.1. The third-order valence-electron chi connectivity index (χ3n) is 5.47. The first-order valence-electron chi connectivity index (χ1n) is 9.62. The molecule has 0 aliphatic carbocycles. The van der Waals surface area contributed by atoms with E-state index in [1.807, 2.05) is 30.1 Å². The molecule has 1 aromatic carbocycles. The Hall–Kier alpha value is -2.60. The van der Waals surface area contributed by atoms with E-state index in [4.69, 9.17) is 0 Å². The number of carbonyl (C=O) groups is 1. The first-order chi connectivity index (χ1) is 13.1. The molecule has 1 fully saturated rings. The molecule has 0 unspecified atom stereocenters. The van der Waals surface area contributed by atoms with Gasteiger partial charge in [-0.05, 0) is 55.9 Å². The molecule has 1 aliphatic heterocycles. The number of aromatic amines is 1. The lowest BCUT2D eigenvalue weighted by atomic mass is 9.98. The zero-order chi connectivity index (χ0) is 18.8. The number of amides is 1. The molecular formula is C21H27N5O. The number of aromatic nitrogens is 3. The van der Waals surface area contributed by atoms with E-state index in [-0.39, 0.29) is 5.91 Å². The summed E-state index contributed by atoms with van der Waals surface area (Å²) in [4.78, 5) is 16.9. The van der Waals surface area contributed by atoms with Gasteiger partial charge in [0, 0.05) is 31.9 Å². The molecule has 0 radical (unpaired) electrons. The Labute approximate surface area is 159 Å². The molecule has 142 valence electrons. The van der Waals surface area contributed by atoms with Gasteiger partial charge in [-0.3, -0.25) is 9.89 Å². The van der Waals surface area contributed by atoms with E-state index in [0.717, 1.165) is 25.3 Å². The highest BCUT2D eigenvalue weighted by atomic mass is 16.2. The van der Waals surface area contributed by atoms with E-state index in [9.17, 15) is 4.79 Å². The third kappa shape index (κ3) is 3.90. The van der Waals surface area contributed by atoms with E-state index in [1.165, 1.54) is 23.7 Å². The van der Waals surface area contributed by atoms with Gasteiger partial charge < -0.3 is 14.4 Å². The first kappa shape index (κ1) is 17.8. The smallest absolute Gasteiger partial charge is 0.274 e. The number of H-pyrrole nitrogens is 1. The average molecular weight is 365 g/mol. The number of piperidine rings is 1. The van der Waals surface area contributed by atoms with Gasteiger partial charge in [-0.15, -0.1) is 0 Å². The summed E-state index contributed by atoms with van der Waals surface area (Å²) < 4.78 is 2.17. The summed E-state index contributed by atoms with van der Waals surface area (Å²) in [5, 5.41) is 8.51. The molecule has 3 aromatic rings. The van der Waals surface area contributed by atoms with Gasteiger partial charge in [0.2, 0.25) is 0 Å². The highest BCUT2D eigenvalue weighted by Crippen LogP contribution is 2.18.